The SMILES string of the molecule is COC(=O)c1cc(Cc2n[nH]c(=O)c3c2CCCC3)ccc1F. The summed E-state index contributed by atoms with van der Waals surface area (Å²) in [6.07, 6.45) is 4.05. The lowest BCUT2D eigenvalue weighted by Gasteiger charge is -2.17. The highest BCUT2D eigenvalue weighted by atomic mass is 19.1. The second-order valence-electron chi connectivity index (χ2n) is 5.65. The summed E-state index contributed by atoms with van der Waals surface area (Å²) in [5.41, 5.74) is 3.10. The maximum atomic E-state index is 13.7. The molecule has 0 fully saturated rings. The number of hydrogen-bond donors (Lipinski definition) is 1. The third-order valence-corrected chi connectivity index (χ3v) is 4.19. The van der Waals surface area contributed by atoms with E-state index < -0.39 is 11.8 Å². The van der Waals surface area contributed by atoms with Crippen molar-refractivity contribution in [3.8, 4) is 0 Å². The number of H-pyrrole nitrogens is 1. The van der Waals surface area contributed by atoms with Crippen molar-refractivity contribution in [1.82, 2.24) is 10.2 Å². The Hall–Kier alpha value is -2.50. The molecule has 120 valence electrons. The van der Waals surface area contributed by atoms with E-state index in [4.69, 9.17) is 0 Å². The number of ether oxygens (including phenoxy) is 1. The van der Waals surface area contributed by atoms with Crippen molar-refractivity contribution in [2.24, 2.45) is 0 Å². The van der Waals surface area contributed by atoms with Gasteiger partial charge in [0.05, 0.1) is 18.4 Å². The van der Waals surface area contributed by atoms with Gasteiger partial charge in [-0.2, -0.15) is 5.10 Å². The molecule has 3 rings (SSSR count). The number of methoxy groups -OCH3 is 1. The van der Waals surface area contributed by atoms with Gasteiger partial charge in [-0.05, 0) is 48.9 Å². The number of fused-ring (bicyclic) bond motifs is 1. The van der Waals surface area contributed by atoms with E-state index in [-0.39, 0.29) is 11.1 Å². The van der Waals surface area contributed by atoms with Crippen LogP contribution < -0.4 is 5.56 Å². The van der Waals surface area contributed by atoms with E-state index in [1.165, 1.54) is 19.2 Å². The van der Waals surface area contributed by atoms with Crippen molar-refractivity contribution in [1.29, 1.82) is 0 Å². The van der Waals surface area contributed by atoms with Crippen LogP contribution in [0.15, 0.2) is 23.0 Å². The topological polar surface area (TPSA) is 72.0 Å². The molecule has 1 N–H and O–H groups in total. The molecule has 0 unspecified atom stereocenters. The Morgan fingerprint density at radius 1 is 1.30 bits per heavy atom. The van der Waals surface area contributed by atoms with Gasteiger partial charge in [-0.25, -0.2) is 14.3 Å². The molecule has 1 heterocycles. The monoisotopic (exact) mass is 316 g/mol. The summed E-state index contributed by atoms with van der Waals surface area (Å²) in [7, 11) is 1.22. The van der Waals surface area contributed by atoms with Crippen molar-refractivity contribution in [2.75, 3.05) is 7.11 Å². The predicted molar refractivity (Wildman–Crippen MR) is 82.0 cm³/mol. The van der Waals surface area contributed by atoms with E-state index in [0.29, 0.717) is 6.42 Å². The summed E-state index contributed by atoms with van der Waals surface area (Å²) in [4.78, 5) is 23.5. The van der Waals surface area contributed by atoms with Crippen LogP contribution in [0.4, 0.5) is 4.39 Å². The molecule has 0 aliphatic heterocycles. The molecule has 0 atom stereocenters. The number of carbonyl (C=O) groups excluding carboxylic acids is 1. The standard InChI is InChI=1S/C17H17FN2O3/c1-23-17(22)13-8-10(6-7-14(13)18)9-15-11-4-2-3-5-12(11)16(21)20-19-15/h6-8H,2-5,9H2,1H3,(H,20,21). The van der Waals surface area contributed by atoms with Crippen LogP contribution in [0.1, 0.15) is 45.6 Å². The minimum atomic E-state index is -0.708. The van der Waals surface area contributed by atoms with Crippen LogP contribution in [0, 0.1) is 5.82 Å². The largest absolute Gasteiger partial charge is 0.465 e. The zero-order chi connectivity index (χ0) is 16.4. The lowest BCUT2D eigenvalue weighted by atomic mass is 9.90. The second-order valence-corrected chi connectivity index (χ2v) is 5.65. The molecular formula is C17H17FN2O3. The van der Waals surface area contributed by atoms with E-state index in [1.807, 2.05) is 0 Å². The second kappa shape index (κ2) is 6.32. The third-order valence-electron chi connectivity index (χ3n) is 4.19. The fraction of sp³-hybridized carbons (Fsp3) is 0.353. The van der Waals surface area contributed by atoms with Crippen molar-refractivity contribution in [2.45, 2.75) is 32.1 Å². The number of aromatic amines is 1. The summed E-state index contributed by atoms with van der Waals surface area (Å²) in [5, 5.41) is 6.69. The average molecular weight is 316 g/mol. The molecule has 0 amide bonds. The first-order valence-electron chi connectivity index (χ1n) is 7.56. The molecule has 0 radical (unpaired) electrons. The molecule has 0 spiro atoms. The van der Waals surface area contributed by atoms with Gasteiger partial charge in [-0.15, -0.1) is 0 Å². The minimum absolute atomic E-state index is 0.0942. The van der Waals surface area contributed by atoms with Crippen molar-refractivity contribution >= 4 is 5.97 Å². The smallest absolute Gasteiger partial charge is 0.340 e. The van der Waals surface area contributed by atoms with Crippen LogP contribution in [0.2, 0.25) is 0 Å². The Balaban J connectivity index is 1.97. The lowest BCUT2D eigenvalue weighted by Crippen LogP contribution is -2.23. The summed E-state index contributed by atoms with van der Waals surface area (Å²) in [6, 6.07) is 4.34. The number of carbonyl (C=O) groups is 1. The quantitative estimate of drug-likeness (QED) is 0.881. The molecule has 0 bridgehead atoms. The molecule has 1 aliphatic rings. The number of hydrogen-bond acceptors (Lipinski definition) is 4. The molecule has 0 saturated carbocycles. The molecule has 2 aromatic rings. The van der Waals surface area contributed by atoms with Crippen LogP contribution >= 0.6 is 0 Å². The van der Waals surface area contributed by atoms with E-state index in [1.54, 1.807) is 6.07 Å². The van der Waals surface area contributed by atoms with Gasteiger partial charge in [-0.3, -0.25) is 4.79 Å². The summed E-state index contributed by atoms with van der Waals surface area (Å²) in [5.74, 6) is -1.32. The van der Waals surface area contributed by atoms with Gasteiger partial charge in [0.15, 0.2) is 0 Å². The van der Waals surface area contributed by atoms with Crippen molar-refractivity contribution in [3.63, 3.8) is 0 Å². The third kappa shape index (κ3) is 3.02. The number of nitrogens with one attached hydrogen (secondary N) is 1. The maximum Gasteiger partial charge on any atom is 0.340 e. The lowest BCUT2D eigenvalue weighted by molar-refractivity contribution is 0.0595. The first kappa shape index (κ1) is 15.4. The Kier molecular flexibility index (Phi) is 4.23. The Morgan fingerprint density at radius 3 is 2.78 bits per heavy atom. The van der Waals surface area contributed by atoms with Crippen molar-refractivity contribution < 1.29 is 13.9 Å². The van der Waals surface area contributed by atoms with E-state index in [0.717, 1.165) is 48.1 Å². The van der Waals surface area contributed by atoms with Gasteiger partial charge >= 0.3 is 5.97 Å². The van der Waals surface area contributed by atoms with Gasteiger partial charge in [0.2, 0.25) is 0 Å². The number of benzene rings is 1. The van der Waals surface area contributed by atoms with Crippen LogP contribution in [-0.2, 0) is 24.0 Å². The van der Waals surface area contributed by atoms with Gasteiger partial charge in [-0.1, -0.05) is 6.07 Å². The summed E-state index contributed by atoms with van der Waals surface area (Å²) in [6.45, 7) is 0. The van der Waals surface area contributed by atoms with Gasteiger partial charge < -0.3 is 4.74 Å². The average Bonchev–Trinajstić information content (AvgIpc) is 2.58. The first-order chi connectivity index (χ1) is 11.1. The molecule has 5 nitrogen and oxygen atoms in total. The normalized spacial score (nSPS) is 13.5. The highest BCUT2D eigenvalue weighted by molar-refractivity contribution is 5.89. The highest BCUT2D eigenvalue weighted by Gasteiger charge is 2.19. The zero-order valence-electron chi connectivity index (χ0n) is 12.8. The molecular weight excluding hydrogens is 299 g/mol. The first-order valence-corrected chi connectivity index (χ1v) is 7.56. The fourth-order valence-electron chi connectivity index (χ4n) is 3.02. The van der Waals surface area contributed by atoms with Gasteiger partial charge in [0.25, 0.3) is 5.56 Å². The molecule has 1 aliphatic carbocycles. The molecule has 1 aromatic heterocycles. The molecule has 1 aromatic carbocycles. The van der Waals surface area contributed by atoms with Crippen LogP contribution in [0.3, 0.4) is 0 Å². The van der Waals surface area contributed by atoms with Crippen LogP contribution in [0.5, 0.6) is 0 Å². The van der Waals surface area contributed by atoms with Crippen LogP contribution in [0.25, 0.3) is 0 Å². The number of halogens is 1. The Labute approximate surface area is 132 Å². The zero-order valence-corrected chi connectivity index (χ0v) is 12.8. The number of nitrogens with zero attached hydrogens (tertiary/aromatic N) is 1. The van der Waals surface area contributed by atoms with Gasteiger partial charge in [0, 0.05) is 12.0 Å². The molecule has 23 heavy (non-hydrogen) atoms. The Bertz CT molecular complexity index is 814. The van der Waals surface area contributed by atoms with Crippen molar-refractivity contribution in [3.05, 3.63) is 62.3 Å². The van der Waals surface area contributed by atoms with E-state index in [2.05, 4.69) is 14.9 Å². The predicted octanol–water partition coefficient (Wildman–Crippen LogP) is 2.17. The number of rotatable bonds is 3. The van der Waals surface area contributed by atoms with Crippen LogP contribution in [-0.4, -0.2) is 23.3 Å². The maximum absolute atomic E-state index is 13.7. The number of esters is 1. The Morgan fingerprint density at radius 2 is 2.04 bits per heavy atom. The van der Waals surface area contributed by atoms with E-state index in [9.17, 15) is 14.0 Å². The van der Waals surface area contributed by atoms with Gasteiger partial charge in [0.1, 0.15) is 5.82 Å². The summed E-state index contributed by atoms with van der Waals surface area (Å²) >= 11 is 0. The number of aromatic nitrogens is 2. The summed E-state index contributed by atoms with van der Waals surface area (Å²) < 4.78 is 18.3. The molecule has 6 heteroatoms. The molecule has 0 saturated heterocycles. The van der Waals surface area contributed by atoms with E-state index >= 15 is 0 Å². The fourth-order valence-corrected chi connectivity index (χ4v) is 3.02. The minimum Gasteiger partial charge on any atom is -0.465 e. The highest BCUT2D eigenvalue weighted by Crippen LogP contribution is 2.22.